The first kappa shape index (κ1) is 22.3. The predicted molar refractivity (Wildman–Crippen MR) is 133 cm³/mol. The minimum atomic E-state index is -0.203. The first-order valence-electron chi connectivity index (χ1n) is 11.7. The predicted octanol–water partition coefficient (Wildman–Crippen LogP) is 6.50. The fraction of sp³-hybridized carbons (Fsp3) is 0.345. The Morgan fingerprint density at radius 2 is 1.44 bits per heavy atom. The minimum absolute atomic E-state index is 0.0884. The molecule has 1 aliphatic heterocycles. The summed E-state index contributed by atoms with van der Waals surface area (Å²) in [5.41, 5.74) is 7.23. The maximum Gasteiger partial charge on any atom is 0.242 e. The number of hydrogen-bond donors (Lipinski definition) is 1. The van der Waals surface area contributed by atoms with Crippen LogP contribution in [0, 0.1) is 0 Å². The summed E-state index contributed by atoms with van der Waals surface area (Å²) in [5.74, 6) is 0.776. The molecule has 0 aromatic heterocycles. The zero-order valence-corrected chi connectivity index (χ0v) is 19.6. The lowest BCUT2D eigenvalue weighted by molar-refractivity contribution is -0.122. The zero-order chi connectivity index (χ0) is 22.7. The molecule has 1 unspecified atom stereocenters. The molecule has 3 heteroatoms. The van der Waals surface area contributed by atoms with Crippen LogP contribution in [0.1, 0.15) is 67.3 Å². The van der Waals surface area contributed by atoms with Gasteiger partial charge in [-0.15, -0.1) is 0 Å². The quantitative estimate of drug-likeness (QED) is 0.488. The van der Waals surface area contributed by atoms with Gasteiger partial charge < -0.3 is 5.32 Å². The fourth-order valence-electron chi connectivity index (χ4n) is 4.72. The molecular weight excluding hydrogens is 392 g/mol. The molecular formula is C29H34N2O. The standard InChI is InChI=1S/C29H34N2O/c1-20(2)25-15-10-16-26(21(3)4)28(25)30-29(32)27-17-23-13-8-9-14-24(23)19-31(27)18-22-11-6-5-7-12-22/h5-16,20-21,27H,17-19H2,1-4H3,(H,30,32). The first-order valence-corrected chi connectivity index (χ1v) is 11.7. The van der Waals surface area contributed by atoms with Crippen molar-refractivity contribution >= 4 is 11.6 Å². The Balaban J connectivity index is 1.66. The van der Waals surface area contributed by atoms with E-state index in [1.54, 1.807) is 0 Å². The lowest BCUT2D eigenvalue weighted by Crippen LogP contribution is -2.47. The number of para-hydroxylation sites is 1. The van der Waals surface area contributed by atoms with Crippen LogP contribution in [0.2, 0.25) is 0 Å². The number of amides is 1. The molecule has 0 fully saturated rings. The van der Waals surface area contributed by atoms with Crippen molar-refractivity contribution in [2.75, 3.05) is 5.32 Å². The first-order chi connectivity index (χ1) is 15.4. The smallest absolute Gasteiger partial charge is 0.242 e. The van der Waals surface area contributed by atoms with Gasteiger partial charge in [0, 0.05) is 18.8 Å². The van der Waals surface area contributed by atoms with Gasteiger partial charge in [0.25, 0.3) is 0 Å². The lowest BCUT2D eigenvalue weighted by Gasteiger charge is -2.36. The summed E-state index contributed by atoms with van der Waals surface area (Å²) in [5, 5.41) is 3.38. The molecule has 1 N–H and O–H groups in total. The number of carbonyl (C=O) groups is 1. The second-order valence-corrected chi connectivity index (χ2v) is 9.49. The van der Waals surface area contributed by atoms with Crippen molar-refractivity contribution in [3.8, 4) is 0 Å². The molecule has 3 aromatic rings. The van der Waals surface area contributed by atoms with E-state index in [1.165, 1.54) is 27.8 Å². The van der Waals surface area contributed by atoms with Crippen LogP contribution in [0.15, 0.2) is 72.8 Å². The monoisotopic (exact) mass is 426 g/mol. The molecule has 0 aliphatic carbocycles. The van der Waals surface area contributed by atoms with E-state index in [4.69, 9.17) is 0 Å². The Bertz CT molecular complexity index is 1050. The molecule has 0 spiro atoms. The van der Waals surface area contributed by atoms with E-state index in [9.17, 15) is 4.79 Å². The second kappa shape index (κ2) is 9.70. The Morgan fingerprint density at radius 1 is 0.844 bits per heavy atom. The van der Waals surface area contributed by atoms with Gasteiger partial charge in [0.15, 0.2) is 0 Å². The highest BCUT2D eigenvalue weighted by Crippen LogP contribution is 2.33. The van der Waals surface area contributed by atoms with Crippen molar-refractivity contribution in [2.45, 2.75) is 65.1 Å². The Hall–Kier alpha value is -2.91. The van der Waals surface area contributed by atoms with Gasteiger partial charge in [0.2, 0.25) is 5.91 Å². The number of anilines is 1. The molecule has 0 bridgehead atoms. The summed E-state index contributed by atoms with van der Waals surface area (Å²) in [6.07, 6.45) is 0.732. The van der Waals surface area contributed by atoms with Crippen LogP contribution in [0.4, 0.5) is 5.69 Å². The topological polar surface area (TPSA) is 32.3 Å². The normalized spacial score (nSPS) is 16.2. The molecule has 166 valence electrons. The molecule has 1 amide bonds. The summed E-state index contributed by atoms with van der Waals surface area (Å²) in [7, 11) is 0. The maximum atomic E-state index is 13.8. The molecule has 1 heterocycles. The highest BCUT2D eigenvalue weighted by atomic mass is 16.2. The summed E-state index contributed by atoms with van der Waals surface area (Å²) in [6.45, 7) is 10.3. The van der Waals surface area contributed by atoms with Crippen LogP contribution in [0.5, 0.6) is 0 Å². The van der Waals surface area contributed by atoms with Gasteiger partial charge in [-0.05, 0) is 46.1 Å². The number of benzene rings is 3. The Kier molecular flexibility index (Phi) is 6.76. The molecule has 1 atom stereocenters. The van der Waals surface area contributed by atoms with Crippen molar-refractivity contribution in [3.63, 3.8) is 0 Å². The molecule has 0 saturated carbocycles. The second-order valence-electron chi connectivity index (χ2n) is 9.49. The molecule has 4 rings (SSSR count). The van der Waals surface area contributed by atoms with Crippen molar-refractivity contribution in [3.05, 3.63) is 101 Å². The zero-order valence-electron chi connectivity index (χ0n) is 19.6. The number of fused-ring (bicyclic) bond motifs is 1. The van der Waals surface area contributed by atoms with E-state index >= 15 is 0 Å². The van der Waals surface area contributed by atoms with E-state index in [2.05, 4.69) is 105 Å². The van der Waals surface area contributed by atoms with Crippen molar-refractivity contribution < 1.29 is 4.79 Å². The van der Waals surface area contributed by atoms with Gasteiger partial charge in [0.05, 0.1) is 6.04 Å². The average molecular weight is 427 g/mol. The van der Waals surface area contributed by atoms with Gasteiger partial charge >= 0.3 is 0 Å². The van der Waals surface area contributed by atoms with E-state index in [-0.39, 0.29) is 11.9 Å². The van der Waals surface area contributed by atoms with Crippen LogP contribution in [0.25, 0.3) is 0 Å². The van der Waals surface area contributed by atoms with Gasteiger partial charge in [-0.3, -0.25) is 9.69 Å². The summed E-state index contributed by atoms with van der Waals surface area (Å²) in [4.78, 5) is 16.1. The molecule has 3 aromatic carbocycles. The van der Waals surface area contributed by atoms with Gasteiger partial charge in [-0.2, -0.15) is 0 Å². The van der Waals surface area contributed by atoms with Crippen LogP contribution in [-0.4, -0.2) is 16.8 Å². The van der Waals surface area contributed by atoms with Crippen LogP contribution < -0.4 is 5.32 Å². The van der Waals surface area contributed by atoms with E-state index < -0.39 is 0 Å². The van der Waals surface area contributed by atoms with E-state index in [0.717, 1.165) is 25.2 Å². The number of carbonyl (C=O) groups excluding carboxylic acids is 1. The van der Waals surface area contributed by atoms with Crippen LogP contribution >= 0.6 is 0 Å². The van der Waals surface area contributed by atoms with Gasteiger partial charge in [-0.25, -0.2) is 0 Å². The van der Waals surface area contributed by atoms with Crippen molar-refractivity contribution in [2.24, 2.45) is 0 Å². The maximum absolute atomic E-state index is 13.8. The third-order valence-electron chi connectivity index (χ3n) is 6.50. The third-order valence-corrected chi connectivity index (χ3v) is 6.50. The van der Waals surface area contributed by atoms with Crippen LogP contribution in [-0.2, 0) is 24.3 Å². The molecule has 0 saturated heterocycles. The summed E-state index contributed by atoms with van der Waals surface area (Å²) >= 11 is 0. The number of nitrogens with zero attached hydrogens (tertiary/aromatic N) is 1. The highest BCUT2D eigenvalue weighted by molar-refractivity contribution is 5.96. The van der Waals surface area contributed by atoms with E-state index in [1.807, 2.05) is 6.07 Å². The summed E-state index contributed by atoms with van der Waals surface area (Å²) in [6, 6.07) is 25.2. The van der Waals surface area contributed by atoms with Gasteiger partial charge in [0.1, 0.15) is 0 Å². The fourth-order valence-corrected chi connectivity index (χ4v) is 4.72. The Morgan fingerprint density at radius 3 is 2.06 bits per heavy atom. The molecule has 1 aliphatic rings. The molecule has 32 heavy (non-hydrogen) atoms. The van der Waals surface area contributed by atoms with Crippen molar-refractivity contribution in [1.82, 2.24) is 4.90 Å². The molecule has 3 nitrogen and oxygen atoms in total. The molecule has 0 radical (unpaired) electrons. The number of nitrogens with one attached hydrogen (secondary N) is 1. The summed E-state index contributed by atoms with van der Waals surface area (Å²) < 4.78 is 0. The largest absolute Gasteiger partial charge is 0.324 e. The highest BCUT2D eigenvalue weighted by Gasteiger charge is 2.32. The SMILES string of the molecule is CC(C)c1cccc(C(C)C)c1NC(=O)C1Cc2ccccc2CN1Cc1ccccc1. The minimum Gasteiger partial charge on any atom is -0.324 e. The van der Waals surface area contributed by atoms with E-state index in [0.29, 0.717) is 11.8 Å². The number of hydrogen-bond acceptors (Lipinski definition) is 2. The third kappa shape index (κ3) is 4.78. The van der Waals surface area contributed by atoms with Gasteiger partial charge in [-0.1, -0.05) is 100 Å². The van der Waals surface area contributed by atoms with Crippen molar-refractivity contribution in [1.29, 1.82) is 0 Å². The van der Waals surface area contributed by atoms with Crippen LogP contribution in [0.3, 0.4) is 0 Å². The number of rotatable bonds is 6. The Labute approximate surface area is 192 Å². The lowest BCUT2D eigenvalue weighted by atomic mass is 9.91. The average Bonchev–Trinajstić information content (AvgIpc) is 2.79.